The average molecular weight is 290 g/mol. The molecule has 0 spiro atoms. The van der Waals surface area contributed by atoms with Gasteiger partial charge in [0.2, 0.25) is 0 Å². The zero-order valence-electron chi connectivity index (χ0n) is 8.30. The molecule has 0 unspecified atom stereocenters. The first kappa shape index (κ1) is 10.8. The Balaban J connectivity index is 2.69. The van der Waals surface area contributed by atoms with E-state index in [1.54, 1.807) is 0 Å². The molecule has 72 valence electrons. The van der Waals surface area contributed by atoms with E-state index in [1.165, 1.54) is 3.57 Å². The number of benzene rings is 1. The number of ether oxygens (including phenoxy) is 1. The monoisotopic (exact) mass is 290 g/mol. The molecule has 0 fully saturated rings. The molecule has 0 amide bonds. The van der Waals surface area contributed by atoms with E-state index in [1.807, 2.05) is 12.1 Å². The lowest BCUT2D eigenvalue weighted by molar-refractivity contribution is 0.105. The van der Waals surface area contributed by atoms with Gasteiger partial charge in [-0.3, -0.25) is 0 Å². The predicted molar refractivity (Wildman–Crippen MR) is 64.2 cm³/mol. The lowest BCUT2D eigenvalue weighted by Crippen LogP contribution is -2.26. The smallest absolute Gasteiger partial charge is 0.120 e. The molecule has 0 saturated carbocycles. The maximum absolute atomic E-state index is 5.80. The highest BCUT2D eigenvalue weighted by molar-refractivity contribution is 14.1. The van der Waals surface area contributed by atoms with E-state index >= 15 is 0 Å². The SMILES string of the molecule is CCC(C)(C)Oc1ccc(I)cc1. The van der Waals surface area contributed by atoms with Gasteiger partial charge < -0.3 is 4.74 Å². The molecular formula is C11H15IO. The van der Waals surface area contributed by atoms with Gasteiger partial charge in [-0.25, -0.2) is 0 Å². The molecule has 0 atom stereocenters. The summed E-state index contributed by atoms with van der Waals surface area (Å²) in [5.41, 5.74) is -0.0627. The summed E-state index contributed by atoms with van der Waals surface area (Å²) in [4.78, 5) is 0. The van der Waals surface area contributed by atoms with Crippen molar-refractivity contribution in [2.45, 2.75) is 32.8 Å². The summed E-state index contributed by atoms with van der Waals surface area (Å²) in [6.07, 6.45) is 1.01. The van der Waals surface area contributed by atoms with Crippen molar-refractivity contribution in [2.75, 3.05) is 0 Å². The van der Waals surface area contributed by atoms with Gasteiger partial charge in [0.05, 0.1) is 0 Å². The van der Waals surface area contributed by atoms with Crippen LogP contribution in [0.1, 0.15) is 27.2 Å². The molecule has 0 N–H and O–H groups in total. The lowest BCUT2D eigenvalue weighted by atomic mass is 10.1. The van der Waals surface area contributed by atoms with E-state index < -0.39 is 0 Å². The second-order valence-corrected chi connectivity index (χ2v) is 4.91. The molecule has 1 nitrogen and oxygen atoms in total. The second-order valence-electron chi connectivity index (χ2n) is 3.67. The van der Waals surface area contributed by atoms with Crippen LogP contribution in [0.25, 0.3) is 0 Å². The lowest BCUT2D eigenvalue weighted by Gasteiger charge is -2.24. The van der Waals surface area contributed by atoms with Crippen molar-refractivity contribution in [3.8, 4) is 5.75 Å². The van der Waals surface area contributed by atoms with Gasteiger partial charge in [0.25, 0.3) is 0 Å². The normalized spacial score (nSPS) is 11.4. The van der Waals surface area contributed by atoms with Crippen molar-refractivity contribution in [3.05, 3.63) is 27.8 Å². The highest BCUT2D eigenvalue weighted by Gasteiger charge is 2.16. The zero-order chi connectivity index (χ0) is 9.90. The summed E-state index contributed by atoms with van der Waals surface area (Å²) >= 11 is 2.29. The van der Waals surface area contributed by atoms with Gasteiger partial charge in [0.15, 0.2) is 0 Å². The quantitative estimate of drug-likeness (QED) is 0.768. The average Bonchev–Trinajstić information content (AvgIpc) is 2.09. The first-order chi connectivity index (χ1) is 6.03. The molecule has 1 aromatic rings. The minimum Gasteiger partial charge on any atom is -0.488 e. The molecule has 2 heteroatoms. The van der Waals surface area contributed by atoms with E-state index in [-0.39, 0.29) is 5.60 Å². The van der Waals surface area contributed by atoms with Crippen LogP contribution >= 0.6 is 22.6 Å². The van der Waals surface area contributed by atoms with Gasteiger partial charge in [-0.15, -0.1) is 0 Å². The van der Waals surface area contributed by atoms with Crippen molar-refractivity contribution >= 4 is 22.6 Å². The maximum atomic E-state index is 5.80. The Bertz CT molecular complexity index is 264. The van der Waals surface area contributed by atoms with Gasteiger partial charge in [0, 0.05) is 3.57 Å². The van der Waals surface area contributed by atoms with E-state index in [9.17, 15) is 0 Å². The van der Waals surface area contributed by atoms with Crippen LogP contribution in [0.3, 0.4) is 0 Å². The Labute approximate surface area is 93.6 Å². The van der Waals surface area contributed by atoms with Crippen molar-refractivity contribution in [1.82, 2.24) is 0 Å². The molecular weight excluding hydrogens is 275 g/mol. The second kappa shape index (κ2) is 4.31. The maximum Gasteiger partial charge on any atom is 0.120 e. The van der Waals surface area contributed by atoms with Crippen LogP contribution in [0, 0.1) is 3.57 Å². The van der Waals surface area contributed by atoms with Crippen molar-refractivity contribution in [1.29, 1.82) is 0 Å². The van der Waals surface area contributed by atoms with Crippen LogP contribution in [0.2, 0.25) is 0 Å². The number of hydrogen-bond donors (Lipinski definition) is 0. The third-order valence-corrected chi connectivity index (χ3v) is 2.78. The van der Waals surface area contributed by atoms with E-state index in [4.69, 9.17) is 4.74 Å². The van der Waals surface area contributed by atoms with Gasteiger partial charge in [-0.2, -0.15) is 0 Å². The summed E-state index contributed by atoms with van der Waals surface area (Å²) in [5.74, 6) is 0.951. The van der Waals surface area contributed by atoms with Gasteiger partial charge in [0.1, 0.15) is 11.4 Å². The first-order valence-corrected chi connectivity index (χ1v) is 5.56. The van der Waals surface area contributed by atoms with Crippen LogP contribution in [-0.2, 0) is 0 Å². The van der Waals surface area contributed by atoms with Crippen LogP contribution in [0.5, 0.6) is 5.75 Å². The molecule has 0 bridgehead atoms. The van der Waals surface area contributed by atoms with E-state index in [0.717, 1.165) is 12.2 Å². The summed E-state index contributed by atoms with van der Waals surface area (Å²) in [6.45, 7) is 6.34. The molecule has 0 heterocycles. The predicted octanol–water partition coefficient (Wildman–Crippen LogP) is 3.86. The van der Waals surface area contributed by atoms with E-state index in [0.29, 0.717) is 0 Å². The summed E-state index contributed by atoms with van der Waals surface area (Å²) in [7, 11) is 0. The van der Waals surface area contributed by atoms with Crippen LogP contribution < -0.4 is 4.74 Å². The molecule has 0 aliphatic carbocycles. The minimum atomic E-state index is -0.0627. The largest absolute Gasteiger partial charge is 0.488 e. The Morgan fingerprint density at radius 2 is 1.77 bits per heavy atom. The summed E-state index contributed by atoms with van der Waals surface area (Å²) < 4.78 is 7.04. The highest BCUT2D eigenvalue weighted by atomic mass is 127. The molecule has 0 aliphatic rings. The van der Waals surface area contributed by atoms with Gasteiger partial charge in [-0.1, -0.05) is 6.92 Å². The van der Waals surface area contributed by atoms with Gasteiger partial charge >= 0.3 is 0 Å². The van der Waals surface area contributed by atoms with Crippen molar-refractivity contribution in [2.24, 2.45) is 0 Å². The van der Waals surface area contributed by atoms with Crippen LogP contribution in [0.15, 0.2) is 24.3 Å². The van der Waals surface area contributed by atoms with Crippen molar-refractivity contribution < 1.29 is 4.74 Å². The Kier molecular flexibility index (Phi) is 3.59. The Hall–Kier alpha value is -0.250. The molecule has 1 rings (SSSR count). The molecule has 1 aromatic carbocycles. The standard InChI is InChI=1S/C11H15IO/c1-4-11(2,3)13-10-7-5-9(12)6-8-10/h5-8H,4H2,1-3H3. The fourth-order valence-electron chi connectivity index (χ4n) is 0.894. The fraction of sp³-hybridized carbons (Fsp3) is 0.455. The highest BCUT2D eigenvalue weighted by Crippen LogP contribution is 2.21. The third kappa shape index (κ3) is 3.55. The topological polar surface area (TPSA) is 9.23 Å². The van der Waals surface area contributed by atoms with Crippen molar-refractivity contribution in [3.63, 3.8) is 0 Å². The summed E-state index contributed by atoms with van der Waals surface area (Å²) in [6, 6.07) is 8.14. The molecule has 0 saturated heterocycles. The number of rotatable bonds is 3. The Morgan fingerprint density at radius 1 is 1.23 bits per heavy atom. The number of halogens is 1. The number of hydrogen-bond acceptors (Lipinski definition) is 1. The van der Waals surface area contributed by atoms with Crippen LogP contribution in [0.4, 0.5) is 0 Å². The Morgan fingerprint density at radius 3 is 2.23 bits per heavy atom. The fourth-order valence-corrected chi connectivity index (χ4v) is 1.25. The summed E-state index contributed by atoms with van der Waals surface area (Å²) in [5, 5.41) is 0. The zero-order valence-corrected chi connectivity index (χ0v) is 10.5. The first-order valence-electron chi connectivity index (χ1n) is 4.48. The third-order valence-electron chi connectivity index (χ3n) is 2.06. The molecule has 0 aromatic heterocycles. The van der Waals surface area contributed by atoms with Crippen LogP contribution in [-0.4, -0.2) is 5.60 Å². The van der Waals surface area contributed by atoms with E-state index in [2.05, 4.69) is 55.5 Å². The molecule has 0 radical (unpaired) electrons. The molecule has 0 aliphatic heterocycles. The minimum absolute atomic E-state index is 0.0627. The molecule has 13 heavy (non-hydrogen) atoms. The van der Waals surface area contributed by atoms with Gasteiger partial charge in [-0.05, 0) is 67.1 Å².